The molecule has 0 aromatic heterocycles. The third-order valence-corrected chi connectivity index (χ3v) is 2.91. The molecule has 0 aliphatic carbocycles. The molecule has 0 amide bonds. The van der Waals surface area contributed by atoms with Crippen LogP contribution in [-0.4, -0.2) is 11.6 Å². The number of para-hydroxylation sites is 1. The largest absolute Gasteiger partial charge is 0.487 e. The third kappa shape index (κ3) is 2.38. The predicted octanol–water partition coefficient (Wildman–Crippen LogP) is 3.29. The molecule has 2 nitrogen and oxygen atoms in total. The van der Waals surface area contributed by atoms with Crippen molar-refractivity contribution in [1.82, 2.24) is 5.32 Å². The van der Waals surface area contributed by atoms with Gasteiger partial charge in [-0.3, -0.25) is 0 Å². The highest BCUT2D eigenvalue weighted by Crippen LogP contribution is 2.39. The molecule has 0 spiro atoms. The van der Waals surface area contributed by atoms with E-state index in [-0.39, 0.29) is 5.60 Å². The molecule has 2 heteroatoms. The molecule has 1 atom stereocenters. The highest BCUT2D eigenvalue weighted by atomic mass is 16.5. The quantitative estimate of drug-likeness (QED) is 0.824. The van der Waals surface area contributed by atoms with Gasteiger partial charge in [0.25, 0.3) is 0 Å². The lowest BCUT2D eigenvalue weighted by Gasteiger charge is -2.38. The van der Waals surface area contributed by atoms with Crippen LogP contribution in [0.25, 0.3) is 0 Å². The molecule has 0 saturated carbocycles. The molecule has 1 unspecified atom stereocenters. The van der Waals surface area contributed by atoms with Crippen molar-refractivity contribution in [3.8, 4) is 5.75 Å². The van der Waals surface area contributed by atoms with Gasteiger partial charge in [0, 0.05) is 24.1 Å². The first kappa shape index (κ1) is 11.5. The second-order valence-corrected chi connectivity index (χ2v) is 5.48. The highest BCUT2D eigenvalue weighted by molar-refractivity contribution is 5.38. The molecule has 16 heavy (non-hydrogen) atoms. The van der Waals surface area contributed by atoms with E-state index >= 15 is 0 Å². The van der Waals surface area contributed by atoms with Crippen molar-refractivity contribution in [3.05, 3.63) is 29.8 Å². The Balaban J connectivity index is 2.32. The summed E-state index contributed by atoms with van der Waals surface area (Å²) in [6.45, 7) is 8.67. The van der Waals surface area contributed by atoms with Crippen molar-refractivity contribution < 1.29 is 4.74 Å². The fraction of sp³-hybridized carbons (Fsp3) is 0.571. The molecule has 0 radical (unpaired) electrons. The van der Waals surface area contributed by atoms with Gasteiger partial charge in [0.1, 0.15) is 11.4 Å². The summed E-state index contributed by atoms with van der Waals surface area (Å²) in [6.07, 6.45) is 1.02. The number of rotatable bonds is 2. The molecule has 1 aromatic carbocycles. The highest BCUT2D eigenvalue weighted by Gasteiger charge is 2.33. The lowest BCUT2D eigenvalue weighted by atomic mass is 9.89. The van der Waals surface area contributed by atoms with Crippen LogP contribution in [0, 0.1) is 0 Å². The van der Waals surface area contributed by atoms with Crippen LogP contribution in [-0.2, 0) is 0 Å². The molecule has 1 N–H and O–H groups in total. The number of hydrogen-bond donors (Lipinski definition) is 1. The lowest BCUT2D eigenvalue weighted by molar-refractivity contribution is 0.0645. The average molecular weight is 219 g/mol. The van der Waals surface area contributed by atoms with Gasteiger partial charge in [0.05, 0.1) is 0 Å². The number of nitrogens with one attached hydrogen (secondary N) is 1. The molecule has 0 fully saturated rings. The standard InChI is InChI=1S/C14H21NO/c1-10(2)15-12-9-14(3,4)16-13-8-6-5-7-11(12)13/h5-8,10,12,15H,9H2,1-4H3. The van der Waals surface area contributed by atoms with Crippen LogP contribution in [0.2, 0.25) is 0 Å². The van der Waals surface area contributed by atoms with Gasteiger partial charge in [0.15, 0.2) is 0 Å². The van der Waals surface area contributed by atoms with Crippen LogP contribution < -0.4 is 10.1 Å². The van der Waals surface area contributed by atoms with Crippen LogP contribution in [0.1, 0.15) is 45.7 Å². The Bertz CT molecular complexity index is 371. The first-order valence-corrected chi connectivity index (χ1v) is 6.02. The molecular formula is C14H21NO. The van der Waals surface area contributed by atoms with E-state index < -0.39 is 0 Å². The van der Waals surface area contributed by atoms with Crippen LogP contribution in [0.4, 0.5) is 0 Å². The van der Waals surface area contributed by atoms with Crippen LogP contribution in [0.5, 0.6) is 5.75 Å². The number of benzene rings is 1. The van der Waals surface area contributed by atoms with Gasteiger partial charge >= 0.3 is 0 Å². The number of ether oxygens (including phenoxy) is 1. The topological polar surface area (TPSA) is 21.3 Å². The van der Waals surface area contributed by atoms with Gasteiger partial charge in [-0.1, -0.05) is 32.0 Å². The van der Waals surface area contributed by atoms with E-state index in [4.69, 9.17) is 4.74 Å². The minimum Gasteiger partial charge on any atom is -0.487 e. The normalized spacial score (nSPS) is 22.7. The molecule has 1 aromatic rings. The number of hydrogen-bond acceptors (Lipinski definition) is 2. The zero-order valence-corrected chi connectivity index (χ0v) is 10.6. The molecule has 1 aliphatic rings. The van der Waals surface area contributed by atoms with Crippen molar-refractivity contribution in [1.29, 1.82) is 0 Å². The molecule has 2 rings (SSSR count). The van der Waals surface area contributed by atoms with Gasteiger partial charge in [-0.15, -0.1) is 0 Å². The van der Waals surface area contributed by atoms with E-state index in [1.54, 1.807) is 0 Å². The summed E-state index contributed by atoms with van der Waals surface area (Å²) in [4.78, 5) is 0. The van der Waals surface area contributed by atoms with Crippen molar-refractivity contribution in [2.75, 3.05) is 0 Å². The molecule has 0 bridgehead atoms. The minimum atomic E-state index is -0.0824. The smallest absolute Gasteiger partial charge is 0.124 e. The Labute approximate surface area is 98.0 Å². The fourth-order valence-corrected chi connectivity index (χ4v) is 2.35. The molecule has 1 heterocycles. The summed E-state index contributed by atoms with van der Waals surface area (Å²) in [7, 11) is 0. The zero-order chi connectivity index (χ0) is 11.8. The van der Waals surface area contributed by atoms with Gasteiger partial charge in [-0.05, 0) is 19.9 Å². The van der Waals surface area contributed by atoms with Crippen molar-refractivity contribution in [2.45, 2.75) is 51.8 Å². The maximum Gasteiger partial charge on any atom is 0.124 e. The monoisotopic (exact) mass is 219 g/mol. The second kappa shape index (κ2) is 4.10. The van der Waals surface area contributed by atoms with E-state index in [0.29, 0.717) is 12.1 Å². The van der Waals surface area contributed by atoms with Crippen LogP contribution >= 0.6 is 0 Å². The first-order chi connectivity index (χ1) is 7.48. The third-order valence-electron chi connectivity index (χ3n) is 2.91. The van der Waals surface area contributed by atoms with Gasteiger partial charge in [0.2, 0.25) is 0 Å². The maximum absolute atomic E-state index is 5.99. The van der Waals surface area contributed by atoms with Crippen LogP contribution in [0.15, 0.2) is 24.3 Å². The molecule has 88 valence electrons. The van der Waals surface area contributed by atoms with E-state index in [2.05, 4.69) is 51.2 Å². The molecule has 0 saturated heterocycles. The average Bonchev–Trinajstić information content (AvgIpc) is 2.14. The van der Waals surface area contributed by atoms with Gasteiger partial charge in [-0.2, -0.15) is 0 Å². The summed E-state index contributed by atoms with van der Waals surface area (Å²) >= 11 is 0. The maximum atomic E-state index is 5.99. The predicted molar refractivity (Wildman–Crippen MR) is 66.8 cm³/mol. The summed E-state index contributed by atoms with van der Waals surface area (Å²) < 4.78 is 5.99. The van der Waals surface area contributed by atoms with Gasteiger partial charge in [-0.25, -0.2) is 0 Å². The minimum absolute atomic E-state index is 0.0824. The summed E-state index contributed by atoms with van der Waals surface area (Å²) in [5, 5.41) is 3.61. The molecular weight excluding hydrogens is 198 g/mol. The Morgan fingerprint density at radius 2 is 2.00 bits per heavy atom. The summed E-state index contributed by atoms with van der Waals surface area (Å²) in [6, 6.07) is 9.23. The Kier molecular flexibility index (Phi) is 2.94. The zero-order valence-electron chi connectivity index (χ0n) is 10.6. The van der Waals surface area contributed by atoms with E-state index in [9.17, 15) is 0 Å². The van der Waals surface area contributed by atoms with E-state index in [0.717, 1.165) is 12.2 Å². The Hall–Kier alpha value is -1.02. The van der Waals surface area contributed by atoms with Gasteiger partial charge < -0.3 is 10.1 Å². The molecule has 1 aliphatic heterocycles. The Morgan fingerprint density at radius 1 is 1.31 bits per heavy atom. The number of fused-ring (bicyclic) bond motifs is 1. The summed E-state index contributed by atoms with van der Waals surface area (Å²) in [5.41, 5.74) is 1.21. The fourth-order valence-electron chi connectivity index (χ4n) is 2.35. The summed E-state index contributed by atoms with van der Waals surface area (Å²) in [5.74, 6) is 1.02. The SMILES string of the molecule is CC(C)NC1CC(C)(C)Oc2ccccc21. The Morgan fingerprint density at radius 3 is 2.69 bits per heavy atom. The van der Waals surface area contributed by atoms with E-state index in [1.165, 1.54) is 5.56 Å². The van der Waals surface area contributed by atoms with Crippen molar-refractivity contribution >= 4 is 0 Å². The van der Waals surface area contributed by atoms with Crippen molar-refractivity contribution in [3.63, 3.8) is 0 Å². The second-order valence-electron chi connectivity index (χ2n) is 5.48. The van der Waals surface area contributed by atoms with E-state index in [1.807, 2.05) is 6.07 Å². The van der Waals surface area contributed by atoms with Crippen LogP contribution in [0.3, 0.4) is 0 Å². The lowest BCUT2D eigenvalue weighted by Crippen LogP contribution is -2.41. The van der Waals surface area contributed by atoms with Crippen molar-refractivity contribution in [2.24, 2.45) is 0 Å². The first-order valence-electron chi connectivity index (χ1n) is 6.02.